The highest BCUT2D eigenvalue weighted by Crippen LogP contribution is 2.27. The number of allylic oxidation sites excluding steroid dienone is 1. The van der Waals surface area contributed by atoms with Gasteiger partial charge in [0.25, 0.3) is 0 Å². The SMILES string of the molecule is CC(C)=CCN1CCC(NC(C)c2ccc(Cl)s2)CC1. The van der Waals surface area contributed by atoms with Crippen LogP contribution in [0.2, 0.25) is 4.34 Å². The maximum absolute atomic E-state index is 6.01. The van der Waals surface area contributed by atoms with Crippen LogP contribution in [0.3, 0.4) is 0 Å². The summed E-state index contributed by atoms with van der Waals surface area (Å²) in [6.07, 6.45) is 4.80. The minimum Gasteiger partial charge on any atom is -0.307 e. The van der Waals surface area contributed by atoms with Crippen LogP contribution in [0.4, 0.5) is 0 Å². The third-order valence-corrected chi connectivity index (χ3v) is 5.27. The van der Waals surface area contributed by atoms with E-state index in [1.807, 2.05) is 6.07 Å². The fourth-order valence-corrected chi connectivity index (χ4v) is 3.66. The summed E-state index contributed by atoms with van der Waals surface area (Å²) >= 11 is 7.69. The van der Waals surface area contributed by atoms with Crippen molar-refractivity contribution < 1.29 is 0 Å². The second-order valence-corrected chi connectivity index (χ2v) is 7.63. The van der Waals surface area contributed by atoms with Gasteiger partial charge in [-0.15, -0.1) is 11.3 Å². The number of hydrogen-bond acceptors (Lipinski definition) is 3. The average molecular weight is 313 g/mol. The van der Waals surface area contributed by atoms with Crippen molar-refractivity contribution in [2.24, 2.45) is 0 Å². The van der Waals surface area contributed by atoms with Gasteiger partial charge in [0.15, 0.2) is 0 Å². The molecule has 1 aromatic rings. The molecule has 0 bridgehead atoms. The molecule has 0 saturated carbocycles. The highest BCUT2D eigenvalue weighted by molar-refractivity contribution is 7.16. The maximum Gasteiger partial charge on any atom is 0.0931 e. The summed E-state index contributed by atoms with van der Waals surface area (Å²) in [4.78, 5) is 3.87. The van der Waals surface area contributed by atoms with E-state index in [0.717, 1.165) is 10.9 Å². The van der Waals surface area contributed by atoms with E-state index in [2.05, 4.69) is 43.1 Å². The Morgan fingerprint density at radius 2 is 2.15 bits per heavy atom. The van der Waals surface area contributed by atoms with Gasteiger partial charge < -0.3 is 5.32 Å². The van der Waals surface area contributed by atoms with Gasteiger partial charge in [0.2, 0.25) is 0 Å². The fourth-order valence-electron chi connectivity index (χ4n) is 2.59. The Labute approximate surface area is 131 Å². The molecule has 1 aliphatic heterocycles. The van der Waals surface area contributed by atoms with Gasteiger partial charge in [-0.3, -0.25) is 4.90 Å². The van der Waals surface area contributed by atoms with Gasteiger partial charge in [0.05, 0.1) is 4.34 Å². The molecule has 1 atom stereocenters. The van der Waals surface area contributed by atoms with Crippen LogP contribution in [0, 0.1) is 0 Å². The highest BCUT2D eigenvalue weighted by Gasteiger charge is 2.20. The molecule has 0 aliphatic carbocycles. The summed E-state index contributed by atoms with van der Waals surface area (Å²) in [5, 5.41) is 3.74. The molecule has 1 saturated heterocycles. The van der Waals surface area contributed by atoms with Gasteiger partial charge >= 0.3 is 0 Å². The normalized spacial score (nSPS) is 19.0. The fraction of sp³-hybridized carbons (Fsp3) is 0.625. The van der Waals surface area contributed by atoms with Crippen molar-refractivity contribution in [3.63, 3.8) is 0 Å². The number of hydrogen-bond donors (Lipinski definition) is 1. The van der Waals surface area contributed by atoms with E-state index < -0.39 is 0 Å². The largest absolute Gasteiger partial charge is 0.307 e. The summed E-state index contributed by atoms with van der Waals surface area (Å²) in [6.45, 7) is 10.1. The van der Waals surface area contributed by atoms with Crippen LogP contribution >= 0.6 is 22.9 Å². The molecular weight excluding hydrogens is 288 g/mol. The second kappa shape index (κ2) is 7.60. The van der Waals surface area contributed by atoms with Gasteiger partial charge in [-0.05, 0) is 58.8 Å². The molecule has 1 aromatic heterocycles. The first-order valence-electron chi connectivity index (χ1n) is 7.41. The summed E-state index contributed by atoms with van der Waals surface area (Å²) in [5.41, 5.74) is 1.41. The molecule has 1 aliphatic rings. The monoisotopic (exact) mass is 312 g/mol. The number of rotatable bonds is 5. The zero-order valence-electron chi connectivity index (χ0n) is 12.7. The van der Waals surface area contributed by atoms with Gasteiger partial charge in [-0.2, -0.15) is 0 Å². The smallest absolute Gasteiger partial charge is 0.0931 e. The number of halogens is 1. The molecule has 2 heterocycles. The lowest BCUT2D eigenvalue weighted by Gasteiger charge is -2.33. The Kier molecular flexibility index (Phi) is 6.09. The Hall–Kier alpha value is -0.350. The first-order valence-corrected chi connectivity index (χ1v) is 8.61. The Bertz CT molecular complexity index is 443. The molecule has 1 unspecified atom stereocenters. The molecule has 20 heavy (non-hydrogen) atoms. The molecule has 112 valence electrons. The molecule has 1 N–H and O–H groups in total. The third kappa shape index (κ3) is 4.88. The molecule has 0 spiro atoms. The zero-order chi connectivity index (χ0) is 14.5. The molecular formula is C16H25ClN2S. The number of nitrogens with zero attached hydrogens (tertiary/aromatic N) is 1. The van der Waals surface area contributed by atoms with E-state index in [1.165, 1.54) is 36.4 Å². The molecule has 4 heteroatoms. The van der Waals surface area contributed by atoms with Crippen LogP contribution in [-0.2, 0) is 0 Å². The average Bonchev–Trinajstić information content (AvgIpc) is 2.85. The third-order valence-electron chi connectivity index (χ3n) is 3.85. The second-order valence-electron chi connectivity index (χ2n) is 5.89. The summed E-state index contributed by atoms with van der Waals surface area (Å²) < 4.78 is 0.880. The predicted molar refractivity (Wildman–Crippen MR) is 89.8 cm³/mol. The standard InChI is InChI=1S/C16H25ClN2S/c1-12(2)6-9-19-10-7-14(8-11-19)18-13(3)15-4-5-16(17)20-15/h4-6,13-14,18H,7-11H2,1-3H3. The van der Waals surface area contributed by atoms with Crippen molar-refractivity contribution in [2.45, 2.75) is 45.7 Å². The van der Waals surface area contributed by atoms with Crippen molar-refractivity contribution >= 4 is 22.9 Å². The van der Waals surface area contributed by atoms with E-state index in [1.54, 1.807) is 11.3 Å². The summed E-state index contributed by atoms with van der Waals surface area (Å²) in [7, 11) is 0. The molecule has 2 rings (SSSR count). The predicted octanol–water partition coefficient (Wildman–Crippen LogP) is 4.48. The quantitative estimate of drug-likeness (QED) is 0.806. The van der Waals surface area contributed by atoms with Gasteiger partial charge in [0.1, 0.15) is 0 Å². The Morgan fingerprint density at radius 1 is 1.45 bits per heavy atom. The minimum atomic E-state index is 0.404. The zero-order valence-corrected chi connectivity index (χ0v) is 14.2. The molecule has 1 fully saturated rings. The van der Waals surface area contributed by atoms with Gasteiger partial charge in [-0.1, -0.05) is 23.3 Å². The number of nitrogens with one attached hydrogen (secondary N) is 1. The van der Waals surface area contributed by atoms with Crippen LogP contribution in [0.15, 0.2) is 23.8 Å². The molecule has 0 radical (unpaired) electrons. The van der Waals surface area contributed by atoms with Gasteiger partial charge in [-0.25, -0.2) is 0 Å². The van der Waals surface area contributed by atoms with Crippen LogP contribution < -0.4 is 5.32 Å². The van der Waals surface area contributed by atoms with Crippen molar-refractivity contribution in [3.8, 4) is 0 Å². The van der Waals surface area contributed by atoms with Crippen molar-refractivity contribution in [1.29, 1.82) is 0 Å². The highest BCUT2D eigenvalue weighted by atomic mass is 35.5. The lowest BCUT2D eigenvalue weighted by atomic mass is 10.0. The minimum absolute atomic E-state index is 0.404. The van der Waals surface area contributed by atoms with E-state index >= 15 is 0 Å². The number of thiophene rings is 1. The van der Waals surface area contributed by atoms with Crippen molar-refractivity contribution in [2.75, 3.05) is 19.6 Å². The maximum atomic E-state index is 6.01. The van der Waals surface area contributed by atoms with Crippen LogP contribution in [0.1, 0.15) is 44.5 Å². The van der Waals surface area contributed by atoms with Crippen LogP contribution in [-0.4, -0.2) is 30.6 Å². The van der Waals surface area contributed by atoms with E-state index in [9.17, 15) is 0 Å². The summed E-state index contributed by atoms with van der Waals surface area (Å²) in [5.74, 6) is 0. The van der Waals surface area contributed by atoms with E-state index in [4.69, 9.17) is 11.6 Å². The van der Waals surface area contributed by atoms with Gasteiger partial charge in [0, 0.05) is 23.5 Å². The topological polar surface area (TPSA) is 15.3 Å². The van der Waals surface area contributed by atoms with Crippen molar-refractivity contribution in [1.82, 2.24) is 10.2 Å². The molecule has 0 aromatic carbocycles. The van der Waals surface area contributed by atoms with Crippen molar-refractivity contribution in [3.05, 3.63) is 33.0 Å². The lowest BCUT2D eigenvalue weighted by Crippen LogP contribution is -2.43. The Morgan fingerprint density at radius 3 is 2.70 bits per heavy atom. The summed E-state index contributed by atoms with van der Waals surface area (Å²) in [6, 6.07) is 5.16. The first-order chi connectivity index (χ1) is 9.54. The number of piperidine rings is 1. The number of likely N-dealkylation sites (tertiary alicyclic amines) is 1. The van der Waals surface area contributed by atoms with E-state index in [0.29, 0.717) is 12.1 Å². The van der Waals surface area contributed by atoms with Crippen LogP contribution in [0.25, 0.3) is 0 Å². The van der Waals surface area contributed by atoms with Crippen LogP contribution in [0.5, 0.6) is 0 Å². The lowest BCUT2D eigenvalue weighted by molar-refractivity contribution is 0.208. The molecule has 2 nitrogen and oxygen atoms in total. The first kappa shape index (κ1) is 16.0. The molecule has 0 amide bonds. The van der Waals surface area contributed by atoms with E-state index in [-0.39, 0.29) is 0 Å². The Balaban J connectivity index is 1.75.